The highest BCUT2D eigenvalue weighted by Crippen LogP contribution is 2.11. The summed E-state index contributed by atoms with van der Waals surface area (Å²) in [4.78, 5) is 11.0. The zero-order chi connectivity index (χ0) is 12.0. The minimum absolute atomic E-state index is 0.160. The highest BCUT2D eigenvalue weighted by Gasteiger charge is 2.01. The van der Waals surface area contributed by atoms with Gasteiger partial charge in [-0.05, 0) is 31.4 Å². The molecular weight excluding hydrogens is 200 g/mol. The molecule has 0 aromatic heterocycles. The van der Waals surface area contributed by atoms with Gasteiger partial charge in [-0.2, -0.15) is 0 Å². The van der Waals surface area contributed by atoms with Crippen LogP contribution in [0.5, 0.6) is 0 Å². The highest BCUT2D eigenvalue weighted by atomic mass is 16.5. The lowest BCUT2D eigenvalue weighted by Gasteiger charge is -2.02. The van der Waals surface area contributed by atoms with Crippen molar-refractivity contribution in [1.29, 1.82) is 0 Å². The predicted molar refractivity (Wildman–Crippen MR) is 66.1 cm³/mol. The SMILES string of the molecule is COC(=O)CCc1cccc(C=C(C)C)c1. The Hall–Kier alpha value is -1.57. The van der Waals surface area contributed by atoms with Gasteiger partial charge in [-0.1, -0.05) is 35.9 Å². The second-order valence-electron chi connectivity index (χ2n) is 4.04. The Kier molecular flexibility index (Phi) is 4.77. The summed E-state index contributed by atoms with van der Waals surface area (Å²) in [5.41, 5.74) is 3.62. The van der Waals surface area contributed by atoms with Gasteiger partial charge in [0.25, 0.3) is 0 Å². The molecule has 1 aromatic carbocycles. The number of hydrogen-bond acceptors (Lipinski definition) is 2. The molecule has 0 aliphatic carbocycles. The van der Waals surface area contributed by atoms with Crippen LogP contribution in [0.1, 0.15) is 31.4 Å². The number of benzene rings is 1. The van der Waals surface area contributed by atoms with Crippen LogP contribution in [0.3, 0.4) is 0 Å². The predicted octanol–water partition coefficient (Wildman–Crippen LogP) is 3.22. The Morgan fingerprint density at radius 1 is 1.38 bits per heavy atom. The van der Waals surface area contributed by atoms with Gasteiger partial charge in [0.15, 0.2) is 0 Å². The van der Waals surface area contributed by atoms with Crippen LogP contribution in [0.2, 0.25) is 0 Å². The van der Waals surface area contributed by atoms with Gasteiger partial charge in [0.2, 0.25) is 0 Å². The number of carbonyl (C=O) groups is 1. The zero-order valence-corrected chi connectivity index (χ0v) is 10.1. The summed E-state index contributed by atoms with van der Waals surface area (Å²) in [6, 6.07) is 8.22. The average Bonchev–Trinajstić information content (AvgIpc) is 2.25. The van der Waals surface area contributed by atoms with Crippen LogP contribution in [0.25, 0.3) is 6.08 Å². The number of aryl methyl sites for hydroxylation is 1. The normalized spacial score (nSPS) is 9.69. The van der Waals surface area contributed by atoms with Crippen molar-refractivity contribution < 1.29 is 9.53 Å². The van der Waals surface area contributed by atoms with Crippen LogP contribution in [-0.4, -0.2) is 13.1 Å². The fourth-order valence-electron chi connectivity index (χ4n) is 1.52. The largest absolute Gasteiger partial charge is 0.469 e. The van der Waals surface area contributed by atoms with Crippen LogP contribution < -0.4 is 0 Å². The first-order valence-corrected chi connectivity index (χ1v) is 5.42. The summed E-state index contributed by atoms with van der Waals surface area (Å²) >= 11 is 0. The third-order valence-corrected chi connectivity index (χ3v) is 2.25. The molecule has 0 spiro atoms. The molecule has 0 aliphatic heterocycles. The van der Waals surface area contributed by atoms with Crippen molar-refractivity contribution in [2.45, 2.75) is 26.7 Å². The maximum absolute atomic E-state index is 11.0. The van der Waals surface area contributed by atoms with Crippen molar-refractivity contribution >= 4 is 12.0 Å². The average molecular weight is 218 g/mol. The van der Waals surface area contributed by atoms with Gasteiger partial charge in [-0.15, -0.1) is 0 Å². The molecule has 0 atom stereocenters. The quantitative estimate of drug-likeness (QED) is 0.725. The van der Waals surface area contributed by atoms with Gasteiger partial charge >= 0.3 is 5.97 Å². The van der Waals surface area contributed by atoms with E-state index in [1.165, 1.54) is 23.8 Å². The van der Waals surface area contributed by atoms with Gasteiger partial charge in [0, 0.05) is 6.42 Å². The first kappa shape index (κ1) is 12.5. The molecule has 1 rings (SSSR count). The number of hydrogen-bond donors (Lipinski definition) is 0. The summed E-state index contributed by atoms with van der Waals surface area (Å²) in [5, 5.41) is 0. The Bertz CT molecular complexity index is 387. The number of allylic oxidation sites excluding steroid dienone is 1. The molecule has 0 aliphatic rings. The van der Waals surface area contributed by atoms with Crippen molar-refractivity contribution in [2.75, 3.05) is 7.11 Å². The van der Waals surface area contributed by atoms with Crippen molar-refractivity contribution in [3.8, 4) is 0 Å². The Balaban J connectivity index is 2.68. The summed E-state index contributed by atoms with van der Waals surface area (Å²) < 4.78 is 4.62. The summed E-state index contributed by atoms with van der Waals surface area (Å²) in [5.74, 6) is -0.160. The number of esters is 1. The summed E-state index contributed by atoms with van der Waals surface area (Å²) in [7, 11) is 1.42. The Morgan fingerprint density at radius 2 is 2.12 bits per heavy atom. The van der Waals surface area contributed by atoms with E-state index in [4.69, 9.17) is 0 Å². The van der Waals surface area contributed by atoms with E-state index in [9.17, 15) is 4.79 Å². The molecule has 0 radical (unpaired) electrons. The molecule has 2 heteroatoms. The molecule has 0 fully saturated rings. The second kappa shape index (κ2) is 6.11. The van der Waals surface area contributed by atoms with E-state index in [1.807, 2.05) is 12.1 Å². The monoisotopic (exact) mass is 218 g/mol. The van der Waals surface area contributed by atoms with Gasteiger partial charge < -0.3 is 4.74 Å². The van der Waals surface area contributed by atoms with Gasteiger partial charge in [0.1, 0.15) is 0 Å². The smallest absolute Gasteiger partial charge is 0.305 e. The van der Waals surface area contributed by atoms with Crippen LogP contribution in [0, 0.1) is 0 Å². The van der Waals surface area contributed by atoms with Crippen molar-refractivity contribution in [3.05, 3.63) is 41.0 Å². The molecular formula is C14H18O2. The molecule has 2 nitrogen and oxygen atoms in total. The number of ether oxygens (including phenoxy) is 1. The lowest BCUT2D eigenvalue weighted by molar-refractivity contribution is -0.140. The maximum Gasteiger partial charge on any atom is 0.305 e. The Labute approximate surface area is 96.9 Å². The van der Waals surface area contributed by atoms with E-state index in [2.05, 4.69) is 36.8 Å². The highest BCUT2D eigenvalue weighted by molar-refractivity contribution is 5.69. The maximum atomic E-state index is 11.0. The van der Waals surface area contributed by atoms with E-state index >= 15 is 0 Å². The first-order chi connectivity index (χ1) is 7.61. The molecule has 86 valence electrons. The van der Waals surface area contributed by atoms with Crippen LogP contribution >= 0.6 is 0 Å². The third kappa shape index (κ3) is 4.30. The molecule has 1 aromatic rings. The molecule has 0 amide bonds. The second-order valence-corrected chi connectivity index (χ2v) is 4.04. The molecule has 0 N–H and O–H groups in total. The van der Waals surface area contributed by atoms with Gasteiger partial charge in [-0.25, -0.2) is 0 Å². The fraction of sp³-hybridized carbons (Fsp3) is 0.357. The van der Waals surface area contributed by atoms with E-state index < -0.39 is 0 Å². The molecule has 0 saturated carbocycles. The molecule has 0 unspecified atom stereocenters. The third-order valence-electron chi connectivity index (χ3n) is 2.25. The van der Waals surface area contributed by atoms with E-state index in [-0.39, 0.29) is 5.97 Å². The van der Waals surface area contributed by atoms with Gasteiger partial charge in [0.05, 0.1) is 7.11 Å². The van der Waals surface area contributed by atoms with Crippen LogP contribution in [-0.2, 0) is 16.0 Å². The summed E-state index contributed by atoms with van der Waals surface area (Å²) in [6.45, 7) is 4.14. The topological polar surface area (TPSA) is 26.3 Å². The van der Waals surface area contributed by atoms with Crippen LogP contribution in [0.15, 0.2) is 29.8 Å². The minimum Gasteiger partial charge on any atom is -0.469 e. The Morgan fingerprint density at radius 3 is 2.75 bits per heavy atom. The molecule has 0 bridgehead atoms. The van der Waals surface area contributed by atoms with Crippen molar-refractivity contribution in [3.63, 3.8) is 0 Å². The first-order valence-electron chi connectivity index (χ1n) is 5.42. The van der Waals surface area contributed by atoms with Crippen molar-refractivity contribution in [1.82, 2.24) is 0 Å². The molecule has 0 saturated heterocycles. The number of methoxy groups -OCH3 is 1. The molecule has 0 heterocycles. The van der Waals surface area contributed by atoms with E-state index in [0.717, 1.165) is 6.42 Å². The minimum atomic E-state index is -0.160. The zero-order valence-electron chi connectivity index (χ0n) is 10.1. The van der Waals surface area contributed by atoms with E-state index in [0.29, 0.717) is 6.42 Å². The number of carbonyl (C=O) groups excluding carboxylic acids is 1. The summed E-state index contributed by atoms with van der Waals surface area (Å²) in [6.07, 6.45) is 3.30. The fourth-order valence-corrected chi connectivity index (χ4v) is 1.52. The standard InChI is InChI=1S/C14H18O2/c1-11(2)9-13-6-4-5-12(10-13)7-8-14(15)16-3/h4-6,9-10H,7-8H2,1-3H3. The van der Waals surface area contributed by atoms with E-state index in [1.54, 1.807) is 0 Å². The van der Waals surface area contributed by atoms with Crippen LogP contribution in [0.4, 0.5) is 0 Å². The lowest BCUT2D eigenvalue weighted by atomic mass is 10.1. The van der Waals surface area contributed by atoms with Gasteiger partial charge in [-0.3, -0.25) is 4.79 Å². The molecule has 16 heavy (non-hydrogen) atoms. The number of rotatable bonds is 4. The lowest BCUT2D eigenvalue weighted by Crippen LogP contribution is -2.01. The van der Waals surface area contributed by atoms with Crippen molar-refractivity contribution in [2.24, 2.45) is 0 Å².